The van der Waals surface area contributed by atoms with Gasteiger partial charge in [0, 0.05) is 16.7 Å². The van der Waals surface area contributed by atoms with Gasteiger partial charge in [-0.2, -0.15) is 5.10 Å². The first-order chi connectivity index (χ1) is 10.3. The lowest BCUT2D eigenvalue weighted by molar-refractivity contribution is 0.869. The zero-order chi connectivity index (χ0) is 14.7. The van der Waals surface area contributed by atoms with Gasteiger partial charge in [0.05, 0.1) is 11.7 Å². The van der Waals surface area contributed by atoms with Crippen LogP contribution in [0.3, 0.4) is 0 Å². The molecule has 1 unspecified atom stereocenters. The first-order valence-electron chi connectivity index (χ1n) is 6.89. The van der Waals surface area contributed by atoms with Crippen molar-refractivity contribution < 1.29 is 0 Å². The number of aromatic nitrogens is 2. The van der Waals surface area contributed by atoms with Gasteiger partial charge < -0.3 is 5.32 Å². The average Bonchev–Trinajstić information content (AvgIpc) is 2.55. The van der Waals surface area contributed by atoms with Crippen molar-refractivity contribution in [1.82, 2.24) is 10.2 Å². The summed E-state index contributed by atoms with van der Waals surface area (Å²) in [6.45, 7) is 1.97. The summed E-state index contributed by atoms with van der Waals surface area (Å²) in [5, 5.41) is 14.1. The number of rotatable bonds is 4. The summed E-state index contributed by atoms with van der Waals surface area (Å²) in [6, 6.07) is 18.3. The fourth-order valence-corrected chi connectivity index (χ4v) is 2.66. The maximum absolute atomic E-state index is 6.12. The highest BCUT2D eigenvalue weighted by Crippen LogP contribution is 2.26. The van der Waals surface area contributed by atoms with E-state index in [9.17, 15) is 0 Å². The summed E-state index contributed by atoms with van der Waals surface area (Å²) >= 11 is 6.12. The molecule has 0 radical (unpaired) electrons. The highest BCUT2D eigenvalue weighted by atomic mass is 35.5. The van der Waals surface area contributed by atoms with Crippen LogP contribution in [0, 0.1) is 6.92 Å². The quantitative estimate of drug-likeness (QED) is 0.728. The van der Waals surface area contributed by atoms with Crippen molar-refractivity contribution in [2.24, 2.45) is 0 Å². The average molecular weight is 298 g/mol. The van der Waals surface area contributed by atoms with Crippen molar-refractivity contribution in [2.45, 2.75) is 13.0 Å². The number of nitrogens with zero attached hydrogens (tertiary/aromatic N) is 2. The van der Waals surface area contributed by atoms with Crippen molar-refractivity contribution in [2.75, 3.05) is 11.2 Å². The van der Waals surface area contributed by atoms with E-state index in [-0.39, 0.29) is 6.04 Å². The fourth-order valence-electron chi connectivity index (χ4n) is 2.41. The SMILES string of the molecule is Cc1nnc(NC(CCl)c2ccccc2)c2ccccc12. The molecule has 3 nitrogen and oxygen atoms in total. The van der Waals surface area contributed by atoms with Gasteiger partial charge in [-0.15, -0.1) is 16.7 Å². The maximum Gasteiger partial charge on any atom is 0.157 e. The molecule has 1 heterocycles. The van der Waals surface area contributed by atoms with E-state index in [0.29, 0.717) is 5.88 Å². The molecule has 1 aromatic heterocycles. The molecule has 3 aromatic rings. The lowest BCUT2D eigenvalue weighted by Gasteiger charge is -2.18. The van der Waals surface area contributed by atoms with Crippen molar-refractivity contribution in [3.8, 4) is 0 Å². The van der Waals surface area contributed by atoms with Gasteiger partial charge in [0.2, 0.25) is 0 Å². The number of fused-ring (bicyclic) bond motifs is 1. The predicted octanol–water partition coefficient (Wildman–Crippen LogP) is 4.33. The number of alkyl halides is 1. The standard InChI is InChI=1S/C17H16ClN3/c1-12-14-9-5-6-10-15(14)17(21-20-12)19-16(11-18)13-7-3-2-4-8-13/h2-10,16H,11H2,1H3,(H,19,21). The Balaban J connectivity index is 1.99. The van der Waals surface area contributed by atoms with Gasteiger partial charge in [-0.1, -0.05) is 54.6 Å². The van der Waals surface area contributed by atoms with Crippen molar-refractivity contribution in [3.05, 3.63) is 65.9 Å². The molecule has 2 aromatic carbocycles. The highest BCUT2D eigenvalue weighted by molar-refractivity contribution is 6.18. The van der Waals surface area contributed by atoms with E-state index in [1.807, 2.05) is 37.3 Å². The lowest BCUT2D eigenvalue weighted by atomic mass is 10.1. The van der Waals surface area contributed by atoms with Crippen LogP contribution in [0.4, 0.5) is 5.82 Å². The number of hydrogen-bond donors (Lipinski definition) is 1. The van der Waals surface area contributed by atoms with Crippen molar-refractivity contribution in [3.63, 3.8) is 0 Å². The minimum Gasteiger partial charge on any atom is -0.360 e. The maximum atomic E-state index is 6.12. The number of halogens is 1. The molecule has 0 spiro atoms. The second-order valence-corrected chi connectivity index (χ2v) is 5.25. The fraction of sp³-hybridized carbons (Fsp3) is 0.176. The van der Waals surface area contributed by atoms with Gasteiger partial charge in [0.1, 0.15) is 0 Å². The van der Waals surface area contributed by atoms with Crippen LogP contribution >= 0.6 is 11.6 Å². The van der Waals surface area contributed by atoms with Crippen LogP contribution in [0.25, 0.3) is 10.8 Å². The van der Waals surface area contributed by atoms with Gasteiger partial charge >= 0.3 is 0 Å². The molecule has 0 bridgehead atoms. The second-order valence-electron chi connectivity index (χ2n) is 4.94. The summed E-state index contributed by atoms with van der Waals surface area (Å²) in [4.78, 5) is 0. The van der Waals surface area contributed by atoms with Crippen LogP contribution in [0.2, 0.25) is 0 Å². The molecule has 21 heavy (non-hydrogen) atoms. The van der Waals surface area contributed by atoms with Gasteiger partial charge in [-0.3, -0.25) is 0 Å². The van der Waals surface area contributed by atoms with Crippen LogP contribution < -0.4 is 5.32 Å². The third-order valence-corrected chi connectivity index (χ3v) is 3.85. The molecule has 4 heteroatoms. The molecule has 1 N–H and O–H groups in total. The Labute approximate surface area is 129 Å². The van der Waals surface area contributed by atoms with Crippen molar-refractivity contribution >= 4 is 28.2 Å². The van der Waals surface area contributed by atoms with Gasteiger partial charge in [-0.25, -0.2) is 0 Å². The van der Waals surface area contributed by atoms with E-state index < -0.39 is 0 Å². The second kappa shape index (κ2) is 6.10. The molecule has 0 aliphatic heterocycles. The molecular weight excluding hydrogens is 282 g/mol. The van der Waals surface area contributed by atoms with E-state index in [1.54, 1.807) is 0 Å². The Morgan fingerprint density at radius 2 is 1.62 bits per heavy atom. The first-order valence-corrected chi connectivity index (χ1v) is 7.42. The Bertz CT molecular complexity index is 743. The zero-order valence-electron chi connectivity index (χ0n) is 11.8. The van der Waals surface area contributed by atoms with E-state index >= 15 is 0 Å². The molecule has 0 saturated heterocycles. The summed E-state index contributed by atoms with van der Waals surface area (Å²) < 4.78 is 0. The van der Waals surface area contributed by atoms with Crippen LogP contribution in [0.5, 0.6) is 0 Å². The minimum absolute atomic E-state index is 0.00767. The van der Waals surface area contributed by atoms with Gasteiger partial charge in [0.25, 0.3) is 0 Å². The van der Waals surface area contributed by atoms with Crippen molar-refractivity contribution in [1.29, 1.82) is 0 Å². The number of anilines is 1. The molecule has 1 atom stereocenters. The first kappa shape index (κ1) is 13.8. The number of nitrogens with one attached hydrogen (secondary N) is 1. The normalized spacial score (nSPS) is 12.3. The van der Waals surface area contributed by atoms with E-state index in [1.165, 1.54) is 0 Å². The van der Waals surface area contributed by atoms with E-state index in [4.69, 9.17) is 11.6 Å². The summed E-state index contributed by atoms with van der Waals surface area (Å²) in [6.07, 6.45) is 0. The molecule has 0 aliphatic carbocycles. The van der Waals surface area contributed by atoms with Gasteiger partial charge in [-0.05, 0) is 12.5 Å². The summed E-state index contributed by atoms with van der Waals surface area (Å²) in [5.74, 6) is 1.24. The molecular formula is C17H16ClN3. The lowest BCUT2D eigenvalue weighted by Crippen LogP contribution is -2.14. The number of hydrogen-bond acceptors (Lipinski definition) is 3. The number of benzene rings is 2. The summed E-state index contributed by atoms with van der Waals surface area (Å²) in [7, 11) is 0. The Morgan fingerprint density at radius 3 is 2.33 bits per heavy atom. The summed E-state index contributed by atoms with van der Waals surface area (Å²) in [5.41, 5.74) is 2.07. The van der Waals surface area contributed by atoms with E-state index in [2.05, 4.69) is 39.8 Å². The molecule has 106 valence electrons. The zero-order valence-corrected chi connectivity index (χ0v) is 12.5. The topological polar surface area (TPSA) is 37.8 Å². The van der Waals surface area contributed by atoms with Crippen LogP contribution in [0.15, 0.2) is 54.6 Å². The largest absolute Gasteiger partial charge is 0.360 e. The molecule has 0 fully saturated rings. The minimum atomic E-state index is 0.00767. The molecule has 0 saturated carbocycles. The van der Waals surface area contributed by atoms with E-state index in [0.717, 1.165) is 27.8 Å². The third kappa shape index (κ3) is 2.83. The Kier molecular flexibility index (Phi) is 4.02. The highest BCUT2D eigenvalue weighted by Gasteiger charge is 2.13. The Hall–Kier alpha value is -2.13. The molecule has 0 aliphatic rings. The monoisotopic (exact) mass is 297 g/mol. The predicted molar refractivity (Wildman–Crippen MR) is 87.8 cm³/mol. The molecule has 3 rings (SSSR count). The van der Waals surface area contributed by atoms with Gasteiger partial charge in [0.15, 0.2) is 5.82 Å². The smallest absolute Gasteiger partial charge is 0.157 e. The Morgan fingerprint density at radius 1 is 0.952 bits per heavy atom. The number of aryl methyl sites for hydroxylation is 1. The third-order valence-electron chi connectivity index (χ3n) is 3.54. The molecule has 0 amide bonds. The van der Waals surface area contributed by atoms with Crippen LogP contribution in [0.1, 0.15) is 17.3 Å². The van der Waals surface area contributed by atoms with Crippen LogP contribution in [-0.2, 0) is 0 Å². The van der Waals surface area contributed by atoms with Crippen LogP contribution in [-0.4, -0.2) is 16.1 Å².